The molecule has 4 nitrogen and oxygen atoms in total. The van der Waals surface area contributed by atoms with E-state index in [1.165, 1.54) is 5.56 Å². The molecule has 0 N–H and O–H groups in total. The van der Waals surface area contributed by atoms with E-state index in [0.29, 0.717) is 12.2 Å². The van der Waals surface area contributed by atoms with Gasteiger partial charge in [0.05, 0.1) is 17.3 Å². The lowest BCUT2D eigenvalue weighted by atomic mass is 9.93. The molecule has 26 heavy (non-hydrogen) atoms. The number of esters is 1. The summed E-state index contributed by atoms with van der Waals surface area (Å²) >= 11 is 0. The third kappa shape index (κ3) is 3.27. The number of benzene rings is 2. The van der Waals surface area contributed by atoms with Crippen molar-refractivity contribution < 1.29 is 14.3 Å². The van der Waals surface area contributed by atoms with Crippen molar-refractivity contribution in [2.24, 2.45) is 0 Å². The fourth-order valence-electron chi connectivity index (χ4n) is 4.14. The molecule has 0 radical (unpaired) electrons. The van der Waals surface area contributed by atoms with E-state index in [0.717, 1.165) is 36.3 Å². The summed E-state index contributed by atoms with van der Waals surface area (Å²) in [4.78, 5) is 14.3. The van der Waals surface area contributed by atoms with Crippen LogP contribution in [0.15, 0.2) is 42.5 Å². The van der Waals surface area contributed by atoms with Crippen LogP contribution in [0.1, 0.15) is 52.6 Å². The number of ether oxygens (including phenoxy) is 2. The highest BCUT2D eigenvalue weighted by Crippen LogP contribution is 2.36. The highest BCUT2D eigenvalue weighted by atomic mass is 16.5. The van der Waals surface area contributed by atoms with Gasteiger partial charge in [-0.2, -0.15) is 0 Å². The molecular formula is C22H25NO3. The molecule has 0 amide bonds. The van der Waals surface area contributed by atoms with E-state index in [9.17, 15) is 4.79 Å². The Morgan fingerprint density at radius 3 is 2.69 bits per heavy atom. The van der Waals surface area contributed by atoms with Gasteiger partial charge < -0.3 is 9.47 Å². The van der Waals surface area contributed by atoms with Gasteiger partial charge in [0.1, 0.15) is 6.61 Å². The summed E-state index contributed by atoms with van der Waals surface area (Å²) in [5.74, 6) is -0.217. The van der Waals surface area contributed by atoms with Gasteiger partial charge in [-0.3, -0.25) is 4.90 Å². The maximum atomic E-state index is 11.8. The van der Waals surface area contributed by atoms with E-state index >= 15 is 0 Å². The molecule has 1 atom stereocenters. The maximum Gasteiger partial charge on any atom is 0.338 e. The van der Waals surface area contributed by atoms with E-state index in [2.05, 4.69) is 49.9 Å². The van der Waals surface area contributed by atoms with Crippen LogP contribution in [-0.2, 0) is 22.6 Å². The Morgan fingerprint density at radius 2 is 1.92 bits per heavy atom. The standard InChI is InChI=1S/C22H25NO3/c1-15-17(9-10-18-19(15)13-25-21(18)24)20-12-23(14-22(2,3)26-20)11-16-7-5-4-6-8-16/h4-10,20H,11-14H2,1-3H3. The van der Waals surface area contributed by atoms with Gasteiger partial charge in [-0.1, -0.05) is 36.4 Å². The van der Waals surface area contributed by atoms with Gasteiger partial charge >= 0.3 is 5.97 Å². The molecule has 2 aliphatic rings. The number of fused-ring (bicyclic) bond motifs is 1. The van der Waals surface area contributed by atoms with Crippen molar-refractivity contribution in [1.29, 1.82) is 0 Å². The molecule has 1 fully saturated rings. The van der Waals surface area contributed by atoms with Gasteiger partial charge in [-0.15, -0.1) is 0 Å². The summed E-state index contributed by atoms with van der Waals surface area (Å²) in [6.07, 6.45) is -0.0107. The number of nitrogens with zero attached hydrogens (tertiary/aromatic N) is 1. The summed E-state index contributed by atoms with van der Waals surface area (Å²) < 4.78 is 11.6. The Bertz CT molecular complexity index is 829. The van der Waals surface area contributed by atoms with Crippen LogP contribution in [0.4, 0.5) is 0 Å². The zero-order valence-corrected chi connectivity index (χ0v) is 15.6. The summed E-state index contributed by atoms with van der Waals surface area (Å²) in [7, 11) is 0. The molecule has 1 saturated heterocycles. The second kappa shape index (κ2) is 6.53. The average molecular weight is 351 g/mol. The Kier molecular flexibility index (Phi) is 4.33. The van der Waals surface area contributed by atoms with Crippen molar-refractivity contribution >= 4 is 5.97 Å². The first-order valence-electron chi connectivity index (χ1n) is 9.16. The van der Waals surface area contributed by atoms with Gasteiger partial charge in [0.2, 0.25) is 0 Å². The first-order valence-corrected chi connectivity index (χ1v) is 9.16. The quantitative estimate of drug-likeness (QED) is 0.783. The number of cyclic esters (lactones) is 1. The number of rotatable bonds is 3. The van der Waals surface area contributed by atoms with E-state index in [-0.39, 0.29) is 17.7 Å². The number of hydrogen-bond acceptors (Lipinski definition) is 4. The lowest BCUT2D eigenvalue weighted by Crippen LogP contribution is -2.49. The lowest BCUT2D eigenvalue weighted by Gasteiger charge is -2.43. The Labute approximate surface area is 154 Å². The second-order valence-corrected chi connectivity index (χ2v) is 7.90. The van der Waals surface area contributed by atoms with Crippen LogP contribution in [0, 0.1) is 6.92 Å². The van der Waals surface area contributed by atoms with Crippen LogP contribution in [0.5, 0.6) is 0 Å². The molecule has 0 bridgehead atoms. The lowest BCUT2D eigenvalue weighted by molar-refractivity contribution is -0.140. The zero-order chi connectivity index (χ0) is 18.3. The molecule has 4 heteroatoms. The smallest absolute Gasteiger partial charge is 0.338 e. The van der Waals surface area contributed by atoms with Crippen molar-refractivity contribution in [1.82, 2.24) is 4.90 Å². The number of morpholine rings is 1. The summed E-state index contributed by atoms with van der Waals surface area (Å²) in [5.41, 5.74) is 5.07. The Hall–Kier alpha value is -2.17. The fraction of sp³-hybridized carbons (Fsp3) is 0.409. The van der Waals surface area contributed by atoms with E-state index < -0.39 is 0 Å². The van der Waals surface area contributed by atoms with E-state index in [4.69, 9.17) is 9.47 Å². The van der Waals surface area contributed by atoms with Crippen LogP contribution in [0.25, 0.3) is 0 Å². The molecule has 1 unspecified atom stereocenters. The highest BCUT2D eigenvalue weighted by molar-refractivity contribution is 5.93. The molecule has 0 spiro atoms. The third-order valence-electron chi connectivity index (χ3n) is 5.29. The molecular weight excluding hydrogens is 326 g/mol. The average Bonchev–Trinajstić information content (AvgIpc) is 2.97. The monoisotopic (exact) mass is 351 g/mol. The minimum atomic E-state index is -0.227. The van der Waals surface area contributed by atoms with Gasteiger partial charge in [-0.05, 0) is 43.5 Å². The molecule has 2 aliphatic heterocycles. The van der Waals surface area contributed by atoms with Gasteiger partial charge in [0.15, 0.2) is 0 Å². The maximum absolute atomic E-state index is 11.8. The predicted molar refractivity (Wildman–Crippen MR) is 99.9 cm³/mol. The van der Waals surface area contributed by atoms with E-state index in [1.54, 1.807) is 0 Å². The van der Waals surface area contributed by atoms with Crippen LogP contribution < -0.4 is 0 Å². The van der Waals surface area contributed by atoms with E-state index in [1.807, 2.05) is 18.2 Å². The zero-order valence-electron chi connectivity index (χ0n) is 15.6. The Morgan fingerprint density at radius 1 is 1.15 bits per heavy atom. The molecule has 0 saturated carbocycles. The molecule has 2 aromatic rings. The Balaban J connectivity index is 1.61. The van der Waals surface area contributed by atoms with Crippen molar-refractivity contribution in [3.8, 4) is 0 Å². The topological polar surface area (TPSA) is 38.8 Å². The van der Waals surface area contributed by atoms with Gasteiger partial charge in [-0.25, -0.2) is 4.79 Å². The predicted octanol–water partition coefficient (Wildman–Crippen LogP) is 4.02. The largest absolute Gasteiger partial charge is 0.457 e. The van der Waals surface area contributed by atoms with Crippen molar-refractivity contribution in [2.45, 2.75) is 45.6 Å². The van der Waals surface area contributed by atoms with Gasteiger partial charge in [0, 0.05) is 25.2 Å². The fourth-order valence-corrected chi connectivity index (χ4v) is 4.14. The van der Waals surface area contributed by atoms with Crippen molar-refractivity contribution in [2.75, 3.05) is 13.1 Å². The SMILES string of the molecule is Cc1c(C2CN(Cc3ccccc3)CC(C)(C)O2)ccc2c1COC2=O. The van der Waals surface area contributed by atoms with Crippen LogP contribution in [0.2, 0.25) is 0 Å². The molecule has 0 aliphatic carbocycles. The first-order chi connectivity index (χ1) is 12.4. The van der Waals surface area contributed by atoms with Crippen LogP contribution in [0.3, 0.4) is 0 Å². The van der Waals surface area contributed by atoms with Crippen LogP contribution >= 0.6 is 0 Å². The number of carbonyl (C=O) groups excluding carboxylic acids is 1. The van der Waals surface area contributed by atoms with Crippen LogP contribution in [-0.4, -0.2) is 29.6 Å². The molecule has 4 rings (SSSR count). The summed E-state index contributed by atoms with van der Waals surface area (Å²) in [6.45, 7) is 9.38. The van der Waals surface area contributed by atoms with Crippen molar-refractivity contribution in [3.63, 3.8) is 0 Å². The normalized spacial score (nSPS) is 22.1. The molecule has 2 aromatic carbocycles. The molecule has 136 valence electrons. The van der Waals surface area contributed by atoms with Crippen molar-refractivity contribution in [3.05, 3.63) is 70.3 Å². The second-order valence-electron chi connectivity index (χ2n) is 7.90. The summed E-state index contributed by atoms with van der Waals surface area (Å²) in [5, 5.41) is 0. The number of carbonyl (C=O) groups is 1. The summed E-state index contributed by atoms with van der Waals surface area (Å²) in [6, 6.07) is 14.5. The first kappa shape index (κ1) is 17.3. The third-order valence-corrected chi connectivity index (χ3v) is 5.29. The molecule has 0 aromatic heterocycles. The number of hydrogen-bond donors (Lipinski definition) is 0. The minimum Gasteiger partial charge on any atom is -0.457 e. The minimum absolute atomic E-state index is 0.0107. The highest BCUT2D eigenvalue weighted by Gasteiger charge is 2.36. The van der Waals surface area contributed by atoms with Gasteiger partial charge in [0.25, 0.3) is 0 Å². The molecule has 2 heterocycles.